The van der Waals surface area contributed by atoms with Crippen LogP contribution in [0.4, 0.5) is 0 Å². The topological polar surface area (TPSA) is 172 Å². The number of carboxylic acids is 2. The van der Waals surface area contributed by atoms with E-state index in [1.165, 1.54) is 12.4 Å². The van der Waals surface area contributed by atoms with E-state index in [9.17, 15) is 24.3 Å². The van der Waals surface area contributed by atoms with Crippen LogP contribution in [0.1, 0.15) is 40.0 Å². The van der Waals surface area contributed by atoms with Crippen LogP contribution >= 0.6 is 0 Å². The van der Waals surface area contributed by atoms with Crippen LogP contribution in [0.3, 0.4) is 0 Å². The number of carbonyl (C=O) groups is 4. The highest BCUT2D eigenvalue weighted by Crippen LogP contribution is 2.25. The lowest BCUT2D eigenvalue weighted by molar-refractivity contribution is -0.228. The zero-order valence-corrected chi connectivity index (χ0v) is 13.9. The Kier molecular flexibility index (Phi) is 8.03. The molecule has 25 heavy (non-hydrogen) atoms. The third-order valence-electron chi connectivity index (χ3n) is 3.16. The summed E-state index contributed by atoms with van der Waals surface area (Å²) in [6.45, 7) is 2.97. The van der Waals surface area contributed by atoms with E-state index >= 15 is 0 Å². The number of nitrogens with zero attached hydrogens (tertiary/aromatic N) is 4. The fourth-order valence-electron chi connectivity index (χ4n) is 2.06. The van der Waals surface area contributed by atoms with Crippen LogP contribution < -0.4 is 0 Å². The summed E-state index contributed by atoms with van der Waals surface area (Å²) in [6.07, 6.45) is 0.590. The number of aliphatic carboxylic acids is 2. The summed E-state index contributed by atoms with van der Waals surface area (Å²) in [6, 6.07) is 0. The smallest absolute Gasteiger partial charge is 0.333 e. The van der Waals surface area contributed by atoms with Crippen molar-refractivity contribution >= 4 is 23.8 Å². The first kappa shape index (κ1) is 21.8. The molecule has 2 amide bonds. The van der Waals surface area contributed by atoms with Crippen molar-refractivity contribution in [1.82, 2.24) is 9.80 Å². The van der Waals surface area contributed by atoms with Gasteiger partial charge >= 0.3 is 11.9 Å². The molecule has 11 heteroatoms. The van der Waals surface area contributed by atoms with Crippen molar-refractivity contribution < 1.29 is 34.1 Å². The molecule has 0 aromatic heterocycles. The molecular weight excluding hydrogens is 336 g/mol. The molecule has 0 aliphatic rings. The minimum Gasteiger partial charge on any atom is -0.481 e. The van der Waals surface area contributed by atoms with Crippen molar-refractivity contribution in [1.29, 1.82) is 10.5 Å². The number of nitriles is 2. The highest BCUT2D eigenvalue weighted by Gasteiger charge is 2.47. The Morgan fingerprint density at radius 2 is 1.52 bits per heavy atom. The molecule has 11 nitrogen and oxygen atoms in total. The van der Waals surface area contributed by atoms with Gasteiger partial charge in [0.15, 0.2) is 18.5 Å². The van der Waals surface area contributed by atoms with Gasteiger partial charge in [-0.25, -0.2) is 4.79 Å². The molecule has 0 aliphatic carbocycles. The Bertz CT molecular complexity index is 602. The number of hydrogen-bond acceptors (Lipinski definition) is 7. The zero-order chi connectivity index (χ0) is 19.8. The summed E-state index contributed by atoms with van der Waals surface area (Å²) in [5.74, 6) is -6.73. The third-order valence-corrected chi connectivity index (χ3v) is 3.16. The predicted molar refractivity (Wildman–Crippen MR) is 78.7 cm³/mol. The van der Waals surface area contributed by atoms with E-state index in [0.29, 0.717) is 9.80 Å². The predicted octanol–water partition coefficient (Wildman–Crippen LogP) is 0.0440. The lowest BCUT2D eigenvalue weighted by Gasteiger charge is -2.40. The highest BCUT2D eigenvalue weighted by atomic mass is 16.6. The molecule has 0 heterocycles. The number of carboxylic acid groups (broad SMARTS) is 2. The molecule has 0 spiro atoms. The number of rotatable bonds is 9. The first-order valence-electron chi connectivity index (χ1n) is 7.04. The Hall–Kier alpha value is -3.18. The Labute approximate surface area is 143 Å². The van der Waals surface area contributed by atoms with Gasteiger partial charge in [0.05, 0.1) is 0 Å². The van der Waals surface area contributed by atoms with E-state index in [1.54, 1.807) is 0 Å². The summed E-state index contributed by atoms with van der Waals surface area (Å²) < 4.78 is 5.28. The van der Waals surface area contributed by atoms with Gasteiger partial charge in [0, 0.05) is 27.2 Å². The first-order chi connectivity index (χ1) is 11.5. The van der Waals surface area contributed by atoms with Crippen LogP contribution in [0.25, 0.3) is 0 Å². The molecule has 0 rings (SSSR count). The van der Waals surface area contributed by atoms with E-state index in [2.05, 4.69) is 0 Å². The fourth-order valence-corrected chi connectivity index (χ4v) is 2.06. The van der Waals surface area contributed by atoms with Crippen LogP contribution in [0.5, 0.6) is 0 Å². The van der Waals surface area contributed by atoms with Gasteiger partial charge in [0.25, 0.3) is 0 Å². The summed E-state index contributed by atoms with van der Waals surface area (Å²) in [7, 11) is 0. The van der Waals surface area contributed by atoms with E-state index in [1.807, 2.05) is 0 Å². The minimum absolute atomic E-state index is 0.0678. The highest BCUT2D eigenvalue weighted by molar-refractivity contribution is 5.79. The van der Waals surface area contributed by atoms with Crippen molar-refractivity contribution in [2.45, 2.75) is 52.0 Å². The van der Waals surface area contributed by atoms with Gasteiger partial charge in [-0.2, -0.15) is 20.3 Å². The monoisotopic (exact) mass is 354 g/mol. The second-order valence-corrected chi connectivity index (χ2v) is 5.07. The first-order valence-corrected chi connectivity index (χ1v) is 7.04. The molecule has 1 unspecified atom stereocenters. The molecule has 0 aromatic carbocycles. The third kappa shape index (κ3) is 5.75. The Morgan fingerprint density at radius 3 is 1.80 bits per heavy atom. The molecular formula is C14H18N4O7. The van der Waals surface area contributed by atoms with Gasteiger partial charge in [-0.3, -0.25) is 14.4 Å². The van der Waals surface area contributed by atoms with E-state index in [0.717, 1.165) is 20.8 Å². The van der Waals surface area contributed by atoms with Crippen LogP contribution in [0.15, 0.2) is 0 Å². The van der Waals surface area contributed by atoms with Crippen LogP contribution in [0.2, 0.25) is 0 Å². The standard InChI is InChI=1S/C14H18N4O7/c1-9(19)17(7-15)14(3,18(8-16)10(2)20)25-11(13(23)24)5-4-6-12(21)22/h11H,4-6H2,1-3H3,(H,21,22)(H,23,24). The van der Waals surface area contributed by atoms with Crippen molar-refractivity contribution in [3.8, 4) is 12.4 Å². The summed E-state index contributed by atoms with van der Waals surface area (Å²) in [5.41, 5.74) is 0. The van der Waals surface area contributed by atoms with Gasteiger partial charge in [-0.05, 0) is 12.8 Å². The van der Waals surface area contributed by atoms with Crippen molar-refractivity contribution in [2.24, 2.45) is 0 Å². The second kappa shape index (κ2) is 9.20. The van der Waals surface area contributed by atoms with Crippen molar-refractivity contribution in [3.63, 3.8) is 0 Å². The van der Waals surface area contributed by atoms with Gasteiger partial charge in [0.2, 0.25) is 17.7 Å². The van der Waals surface area contributed by atoms with Gasteiger partial charge in [0.1, 0.15) is 0 Å². The molecule has 0 fully saturated rings. The molecule has 0 aliphatic heterocycles. The Morgan fingerprint density at radius 1 is 1.08 bits per heavy atom. The van der Waals surface area contributed by atoms with E-state index in [-0.39, 0.29) is 19.3 Å². The number of ether oxygens (including phenoxy) is 1. The zero-order valence-electron chi connectivity index (χ0n) is 13.9. The molecule has 0 saturated carbocycles. The summed E-state index contributed by atoms with van der Waals surface area (Å²) in [4.78, 5) is 46.0. The van der Waals surface area contributed by atoms with Crippen LogP contribution in [-0.4, -0.2) is 55.7 Å². The number of carbonyl (C=O) groups excluding carboxylic acids is 2. The molecule has 1 atom stereocenters. The maximum atomic E-state index is 11.7. The number of amides is 2. The van der Waals surface area contributed by atoms with Crippen molar-refractivity contribution in [3.05, 3.63) is 0 Å². The second-order valence-electron chi connectivity index (χ2n) is 5.07. The van der Waals surface area contributed by atoms with E-state index < -0.39 is 35.7 Å². The summed E-state index contributed by atoms with van der Waals surface area (Å²) >= 11 is 0. The fraction of sp³-hybridized carbons (Fsp3) is 0.571. The average molecular weight is 354 g/mol. The van der Waals surface area contributed by atoms with Crippen molar-refractivity contribution in [2.75, 3.05) is 0 Å². The quantitative estimate of drug-likeness (QED) is 0.329. The lowest BCUT2D eigenvalue weighted by atomic mass is 10.1. The molecule has 136 valence electrons. The Balaban J connectivity index is 5.81. The summed E-state index contributed by atoms with van der Waals surface area (Å²) in [5, 5.41) is 36.2. The molecule has 0 aromatic rings. The largest absolute Gasteiger partial charge is 0.481 e. The maximum absolute atomic E-state index is 11.7. The molecule has 0 bridgehead atoms. The molecule has 0 saturated heterocycles. The van der Waals surface area contributed by atoms with Gasteiger partial charge in [-0.15, -0.1) is 0 Å². The normalized spacial score (nSPS) is 11.6. The molecule has 0 radical (unpaired) electrons. The number of hydrogen-bond donors (Lipinski definition) is 2. The molecule has 2 N–H and O–H groups in total. The van der Waals surface area contributed by atoms with Crippen LogP contribution in [-0.2, 0) is 23.9 Å². The van der Waals surface area contributed by atoms with E-state index in [4.69, 9.17) is 20.4 Å². The van der Waals surface area contributed by atoms with Crippen LogP contribution in [0, 0.1) is 22.9 Å². The lowest BCUT2D eigenvalue weighted by Crippen LogP contribution is -2.61. The average Bonchev–Trinajstić information content (AvgIpc) is 2.45. The maximum Gasteiger partial charge on any atom is 0.333 e. The minimum atomic E-state index is -2.31. The van der Waals surface area contributed by atoms with Gasteiger partial charge in [-0.1, -0.05) is 0 Å². The SMILES string of the molecule is CC(=O)N(C#N)C(C)(OC(CCCC(=O)O)C(=O)O)N(C#N)C(C)=O. The van der Waals surface area contributed by atoms with Gasteiger partial charge < -0.3 is 14.9 Å².